The lowest BCUT2D eigenvalue weighted by atomic mass is 10.2. The minimum absolute atomic E-state index is 0.112. The van der Waals surface area contributed by atoms with Crippen LogP contribution < -0.4 is 10.9 Å². The summed E-state index contributed by atoms with van der Waals surface area (Å²) in [7, 11) is 0. The van der Waals surface area contributed by atoms with Crippen LogP contribution in [0.3, 0.4) is 0 Å². The fourth-order valence-electron chi connectivity index (χ4n) is 1.59. The number of non-ortho nitro benzene ring substituents is 1. The van der Waals surface area contributed by atoms with Crippen LogP contribution in [0, 0.1) is 13.7 Å². The molecule has 8 heteroatoms. The molecule has 112 valence electrons. The Morgan fingerprint density at radius 3 is 1.68 bits per heavy atom. The highest BCUT2D eigenvalue weighted by Gasteiger charge is 2.11. The van der Waals surface area contributed by atoms with Gasteiger partial charge in [-0.25, -0.2) is 0 Å². The Hall–Kier alpha value is -2.49. The number of amides is 2. The van der Waals surface area contributed by atoms with Crippen LogP contribution in [-0.2, 0) is 0 Å². The lowest BCUT2D eigenvalue weighted by Gasteiger charge is -2.07. The molecular weight excluding hydrogens is 401 g/mol. The van der Waals surface area contributed by atoms with Crippen LogP contribution in [0.4, 0.5) is 5.69 Å². The second-order valence-corrected chi connectivity index (χ2v) is 5.46. The number of carbonyl (C=O) groups excluding carboxylic acids is 2. The van der Waals surface area contributed by atoms with Crippen molar-refractivity contribution >= 4 is 40.1 Å². The van der Waals surface area contributed by atoms with Crippen LogP contribution in [0.5, 0.6) is 0 Å². The molecule has 0 atom stereocenters. The van der Waals surface area contributed by atoms with E-state index in [-0.39, 0.29) is 11.3 Å². The summed E-state index contributed by atoms with van der Waals surface area (Å²) in [5.74, 6) is -1.01. The number of rotatable bonds is 3. The molecule has 2 N–H and O–H groups in total. The van der Waals surface area contributed by atoms with Crippen molar-refractivity contribution in [3.63, 3.8) is 0 Å². The molecule has 0 saturated carbocycles. The number of nitrogens with zero attached hydrogens (tertiary/aromatic N) is 1. The monoisotopic (exact) mass is 411 g/mol. The number of hydrogen-bond donors (Lipinski definition) is 2. The Balaban J connectivity index is 1.96. The molecule has 0 heterocycles. The summed E-state index contributed by atoms with van der Waals surface area (Å²) >= 11 is 2.12. The summed E-state index contributed by atoms with van der Waals surface area (Å²) in [5.41, 5.74) is 5.03. The zero-order valence-electron chi connectivity index (χ0n) is 11.1. The van der Waals surface area contributed by atoms with Gasteiger partial charge in [-0.3, -0.25) is 30.6 Å². The molecule has 0 bridgehead atoms. The molecular formula is C14H10IN3O4. The zero-order chi connectivity index (χ0) is 16.1. The van der Waals surface area contributed by atoms with Gasteiger partial charge in [-0.15, -0.1) is 0 Å². The van der Waals surface area contributed by atoms with Gasteiger partial charge in [0.1, 0.15) is 0 Å². The first-order valence-electron chi connectivity index (χ1n) is 6.08. The van der Waals surface area contributed by atoms with Crippen LogP contribution in [0.25, 0.3) is 0 Å². The molecule has 2 rings (SSSR count). The predicted molar refractivity (Wildman–Crippen MR) is 87.2 cm³/mol. The minimum Gasteiger partial charge on any atom is -0.267 e. The third kappa shape index (κ3) is 4.01. The van der Waals surface area contributed by atoms with Crippen molar-refractivity contribution in [3.05, 3.63) is 73.3 Å². The second kappa shape index (κ2) is 6.98. The first-order chi connectivity index (χ1) is 10.5. The summed E-state index contributed by atoms with van der Waals surface area (Å²) < 4.78 is 0.990. The van der Waals surface area contributed by atoms with Gasteiger partial charge in [-0.05, 0) is 59.0 Å². The lowest BCUT2D eigenvalue weighted by molar-refractivity contribution is -0.384. The van der Waals surface area contributed by atoms with Gasteiger partial charge < -0.3 is 0 Å². The van der Waals surface area contributed by atoms with Gasteiger partial charge in [0.25, 0.3) is 17.5 Å². The highest BCUT2D eigenvalue weighted by Crippen LogP contribution is 2.11. The van der Waals surface area contributed by atoms with Gasteiger partial charge in [0, 0.05) is 26.8 Å². The minimum atomic E-state index is -0.561. The number of benzene rings is 2. The number of hydrogen-bond acceptors (Lipinski definition) is 4. The molecule has 2 aromatic rings. The molecule has 0 aliphatic rings. The molecule has 2 amide bonds. The average Bonchev–Trinajstić information content (AvgIpc) is 2.53. The van der Waals surface area contributed by atoms with E-state index in [4.69, 9.17) is 0 Å². The smallest absolute Gasteiger partial charge is 0.267 e. The number of hydrazine groups is 1. The van der Waals surface area contributed by atoms with E-state index in [1.54, 1.807) is 24.3 Å². The maximum absolute atomic E-state index is 11.8. The molecule has 0 aliphatic heterocycles. The topological polar surface area (TPSA) is 101 Å². The molecule has 0 spiro atoms. The standard InChI is InChI=1S/C14H10IN3O4/c15-11-5-1-9(2-6-11)13(19)16-17-14(20)10-3-7-12(8-4-10)18(21)22/h1-8H,(H,16,19)(H,17,20). The third-order valence-corrected chi connectivity index (χ3v) is 3.46. The molecule has 2 aromatic carbocycles. The van der Waals surface area contributed by atoms with E-state index in [1.165, 1.54) is 24.3 Å². The zero-order valence-corrected chi connectivity index (χ0v) is 13.2. The maximum atomic E-state index is 11.8. The number of nitrogens with one attached hydrogen (secondary N) is 2. The third-order valence-electron chi connectivity index (χ3n) is 2.74. The highest BCUT2D eigenvalue weighted by molar-refractivity contribution is 14.1. The van der Waals surface area contributed by atoms with E-state index in [0.29, 0.717) is 5.56 Å². The first kappa shape index (κ1) is 15.9. The summed E-state index contributed by atoms with van der Waals surface area (Å²) in [5, 5.41) is 10.5. The van der Waals surface area contributed by atoms with Crippen molar-refractivity contribution in [2.75, 3.05) is 0 Å². The lowest BCUT2D eigenvalue weighted by Crippen LogP contribution is -2.41. The van der Waals surface area contributed by atoms with Gasteiger partial charge in [0.2, 0.25) is 0 Å². The number of halogens is 1. The summed E-state index contributed by atoms with van der Waals surface area (Å²) in [6.45, 7) is 0. The van der Waals surface area contributed by atoms with Crippen molar-refractivity contribution in [1.29, 1.82) is 0 Å². The fraction of sp³-hybridized carbons (Fsp3) is 0. The Labute approximate surface area is 139 Å². The van der Waals surface area contributed by atoms with E-state index >= 15 is 0 Å². The summed E-state index contributed by atoms with van der Waals surface area (Å²) in [6, 6.07) is 11.9. The number of nitro groups is 1. The summed E-state index contributed by atoms with van der Waals surface area (Å²) in [4.78, 5) is 33.6. The van der Waals surface area contributed by atoms with Crippen LogP contribution in [0.15, 0.2) is 48.5 Å². The largest absolute Gasteiger partial charge is 0.269 e. The van der Waals surface area contributed by atoms with Gasteiger partial charge in [0.05, 0.1) is 4.92 Å². The Kier molecular flexibility index (Phi) is 5.04. The van der Waals surface area contributed by atoms with Crippen LogP contribution in [-0.4, -0.2) is 16.7 Å². The van der Waals surface area contributed by atoms with Crippen molar-refractivity contribution in [2.45, 2.75) is 0 Å². The highest BCUT2D eigenvalue weighted by atomic mass is 127. The Morgan fingerprint density at radius 2 is 1.27 bits per heavy atom. The van der Waals surface area contributed by atoms with E-state index in [0.717, 1.165) is 3.57 Å². The molecule has 0 unspecified atom stereocenters. The van der Waals surface area contributed by atoms with E-state index in [9.17, 15) is 19.7 Å². The summed E-state index contributed by atoms with van der Waals surface area (Å²) in [6.07, 6.45) is 0. The SMILES string of the molecule is O=C(NNC(=O)c1ccc([N+](=O)[O-])cc1)c1ccc(I)cc1. The van der Waals surface area contributed by atoms with Crippen LogP contribution in [0.1, 0.15) is 20.7 Å². The second-order valence-electron chi connectivity index (χ2n) is 4.22. The molecule has 0 fully saturated rings. The van der Waals surface area contributed by atoms with Gasteiger partial charge in [-0.2, -0.15) is 0 Å². The molecule has 0 saturated heterocycles. The predicted octanol–water partition coefficient (Wildman–Crippen LogP) is 2.27. The maximum Gasteiger partial charge on any atom is 0.269 e. The normalized spacial score (nSPS) is 9.86. The number of nitro benzene ring substituents is 1. The van der Waals surface area contributed by atoms with Crippen molar-refractivity contribution in [3.8, 4) is 0 Å². The van der Waals surface area contributed by atoms with Crippen molar-refractivity contribution in [2.24, 2.45) is 0 Å². The van der Waals surface area contributed by atoms with Gasteiger partial charge in [-0.1, -0.05) is 0 Å². The number of carbonyl (C=O) groups is 2. The van der Waals surface area contributed by atoms with E-state index < -0.39 is 16.7 Å². The fourth-order valence-corrected chi connectivity index (χ4v) is 1.95. The van der Waals surface area contributed by atoms with E-state index in [2.05, 4.69) is 33.4 Å². The molecule has 0 aromatic heterocycles. The quantitative estimate of drug-likeness (QED) is 0.460. The van der Waals surface area contributed by atoms with Crippen LogP contribution in [0.2, 0.25) is 0 Å². The average molecular weight is 411 g/mol. The molecule has 7 nitrogen and oxygen atoms in total. The van der Waals surface area contributed by atoms with Gasteiger partial charge in [0.15, 0.2) is 0 Å². The Bertz CT molecular complexity index is 714. The van der Waals surface area contributed by atoms with Gasteiger partial charge >= 0.3 is 0 Å². The molecule has 0 aliphatic carbocycles. The Morgan fingerprint density at radius 1 is 0.864 bits per heavy atom. The van der Waals surface area contributed by atoms with Crippen molar-refractivity contribution in [1.82, 2.24) is 10.9 Å². The van der Waals surface area contributed by atoms with Crippen LogP contribution >= 0.6 is 22.6 Å². The molecule has 22 heavy (non-hydrogen) atoms. The first-order valence-corrected chi connectivity index (χ1v) is 7.16. The van der Waals surface area contributed by atoms with Crippen molar-refractivity contribution < 1.29 is 14.5 Å². The van der Waals surface area contributed by atoms with E-state index in [1.807, 2.05) is 0 Å². The molecule has 0 radical (unpaired) electrons.